The van der Waals surface area contributed by atoms with Gasteiger partial charge < -0.3 is 22.0 Å². The van der Waals surface area contributed by atoms with E-state index in [2.05, 4.69) is 0 Å². The average Bonchev–Trinajstić information content (AvgIpc) is 1.25. The molecule has 0 aromatic heterocycles. The molecule has 0 aliphatic rings. The van der Waals surface area contributed by atoms with Crippen LogP contribution in [-0.2, 0) is 8.92 Å². The van der Waals surface area contributed by atoms with Crippen LogP contribution in [-0.4, -0.2) is 110 Å². The SMILES string of the molecule is O=[Si](O)O.O=[Si](O)O.[AlH3].[AlH3].[Ca+2].[H-].[H-]. The molecular weight excluding hydrogens is 246 g/mol. The summed E-state index contributed by atoms with van der Waals surface area (Å²) in [6, 6.07) is 0. The van der Waals surface area contributed by atoms with Crippen molar-refractivity contribution >= 4 is 90.8 Å². The summed E-state index contributed by atoms with van der Waals surface area (Å²) in [6.45, 7) is 0. The zero-order valence-electron chi connectivity index (χ0n) is 6.31. The van der Waals surface area contributed by atoms with Crippen LogP contribution in [0.2, 0.25) is 0 Å². The zero-order valence-corrected chi connectivity index (χ0v) is 8.52. The Morgan fingerprint density at radius 2 is 0.818 bits per heavy atom. The minimum absolute atomic E-state index is 0. The van der Waals surface area contributed by atoms with E-state index < -0.39 is 18.3 Å². The maximum atomic E-state index is 8.74. The molecule has 0 aromatic rings. The van der Waals surface area contributed by atoms with Crippen LogP contribution in [0.15, 0.2) is 0 Å². The van der Waals surface area contributed by atoms with Crippen molar-refractivity contribution in [2.45, 2.75) is 0 Å². The van der Waals surface area contributed by atoms with E-state index in [1.165, 1.54) is 0 Å². The van der Waals surface area contributed by atoms with Gasteiger partial charge in [-0.15, -0.1) is 0 Å². The molecule has 64 valence electrons. The third kappa shape index (κ3) is 435. The van der Waals surface area contributed by atoms with Gasteiger partial charge in [0, 0.05) is 0 Å². The maximum absolute atomic E-state index is 8.74. The number of rotatable bonds is 0. The van der Waals surface area contributed by atoms with E-state index in [1.807, 2.05) is 0 Å². The van der Waals surface area contributed by atoms with E-state index in [0.29, 0.717) is 0 Å². The average molecular weight is 258 g/mol. The fourth-order valence-corrected chi connectivity index (χ4v) is 0. The Labute approximate surface area is 120 Å². The van der Waals surface area contributed by atoms with Gasteiger partial charge >= 0.3 is 56.1 Å². The van der Waals surface area contributed by atoms with Gasteiger partial charge in [0.1, 0.15) is 0 Å². The second-order valence-corrected chi connectivity index (χ2v) is 1.70. The first kappa shape index (κ1) is 29.4. The van der Waals surface area contributed by atoms with E-state index in [4.69, 9.17) is 28.1 Å². The molecule has 0 atom stereocenters. The maximum Gasteiger partial charge on any atom is 2.00 e. The number of hydrogen-bond acceptors (Lipinski definition) is 2. The molecule has 0 heterocycles. The van der Waals surface area contributed by atoms with E-state index in [-0.39, 0.29) is 75.3 Å². The molecule has 11 heavy (non-hydrogen) atoms. The molecule has 11 heteroatoms. The first-order valence-electron chi connectivity index (χ1n) is 1.30. The molecule has 0 spiro atoms. The van der Waals surface area contributed by atoms with Crippen LogP contribution in [0.3, 0.4) is 0 Å². The Kier molecular flexibility index (Phi) is 60.2. The Hall–Kier alpha value is 1.56. The molecule has 0 rings (SSSR count). The molecule has 0 aliphatic heterocycles. The molecule has 0 saturated heterocycles. The van der Waals surface area contributed by atoms with Crippen molar-refractivity contribution in [2.24, 2.45) is 0 Å². The summed E-state index contributed by atoms with van der Waals surface area (Å²) < 4.78 is 17.5. The van der Waals surface area contributed by atoms with Crippen LogP contribution in [0.1, 0.15) is 2.85 Å². The summed E-state index contributed by atoms with van der Waals surface area (Å²) in [5.41, 5.74) is 0. The Morgan fingerprint density at radius 3 is 0.818 bits per heavy atom. The summed E-state index contributed by atoms with van der Waals surface area (Å²) in [5.74, 6) is 0. The minimum Gasteiger partial charge on any atom is -1.00 e. The van der Waals surface area contributed by atoms with Crippen molar-refractivity contribution in [3.05, 3.63) is 0 Å². The smallest absolute Gasteiger partial charge is 1.00 e. The van der Waals surface area contributed by atoms with Crippen LogP contribution in [0.25, 0.3) is 0 Å². The summed E-state index contributed by atoms with van der Waals surface area (Å²) in [7, 11) is -6.26. The summed E-state index contributed by atoms with van der Waals surface area (Å²) >= 11 is 0. The van der Waals surface area contributed by atoms with Gasteiger partial charge in [-0.3, -0.25) is 8.92 Å². The molecule has 0 aliphatic carbocycles. The molecule has 0 unspecified atom stereocenters. The molecular formula is H12Al2CaO6Si2. The third-order valence-corrected chi connectivity index (χ3v) is 0. The summed E-state index contributed by atoms with van der Waals surface area (Å²) in [5, 5.41) is 0. The van der Waals surface area contributed by atoms with Gasteiger partial charge in [0.05, 0.1) is 0 Å². The zero-order chi connectivity index (χ0) is 7.15. The van der Waals surface area contributed by atoms with Gasteiger partial charge in [-0.2, -0.15) is 0 Å². The summed E-state index contributed by atoms with van der Waals surface area (Å²) in [6.07, 6.45) is 0. The van der Waals surface area contributed by atoms with E-state index in [9.17, 15) is 0 Å². The first-order chi connectivity index (χ1) is 3.46. The number of hydrogen-bond donors (Lipinski definition) is 4. The largest absolute Gasteiger partial charge is 2.00 e. The normalized spacial score (nSPS) is 4.36. The van der Waals surface area contributed by atoms with Gasteiger partial charge in [0.25, 0.3) is 0 Å². The van der Waals surface area contributed by atoms with Crippen LogP contribution < -0.4 is 0 Å². The van der Waals surface area contributed by atoms with E-state index >= 15 is 0 Å². The second-order valence-electron chi connectivity index (χ2n) is 0.565. The van der Waals surface area contributed by atoms with Crippen molar-refractivity contribution in [2.75, 3.05) is 0 Å². The van der Waals surface area contributed by atoms with Gasteiger partial charge in [-0.25, -0.2) is 0 Å². The van der Waals surface area contributed by atoms with Gasteiger partial charge in [0.2, 0.25) is 0 Å². The minimum atomic E-state index is -3.13. The second kappa shape index (κ2) is 22.6. The Balaban J connectivity index is -0.00000000800. The molecule has 0 aromatic carbocycles. The first-order valence-corrected chi connectivity index (χ1v) is 3.91. The fraction of sp³-hybridized carbons (Fsp3) is 0. The van der Waals surface area contributed by atoms with Crippen LogP contribution in [0.5, 0.6) is 0 Å². The molecule has 0 saturated carbocycles. The quantitative estimate of drug-likeness (QED) is 0.322. The van der Waals surface area contributed by atoms with Gasteiger partial charge in [-0.1, -0.05) is 0 Å². The van der Waals surface area contributed by atoms with Gasteiger partial charge in [0.15, 0.2) is 34.7 Å². The van der Waals surface area contributed by atoms with Crippen molar-refractivity contribution in [3.8, 4) is 0 Å². The fourth-order valence-electron chi connectivity index (χ4n) is 0. The predicted octanol–water partition coefficient (Wildman–Crippen LogP) is -5.75. The molecule has 6 nitrogen and oxygen atoms in total. The van der Waals surface area contributed by atoms with Crippen molar-refractivity contribution < 1.29 is 31.0 Å². The van der Waals surface area contributed by atoms with Gasteiger partial charge in [-0.05, 0) is 0 Å². The predicted molar refractivity (Wildman–Crippen MR) is 49.6 cm³/mol. The molecule has 4 N–H and O–H groups in total. The topological polar surface area (TPSA) is 115 Å². The van der Waals surface area contributed by atoms with Crippen LogP contribution in [0.4, 0.5) is 0 Å². The van der Waals surface area contributed by atoms with Crippen molar-refractivity contribution in [1.29, 1.82) is 0 Å². The molecule has 0 radical (unpaired) electrons. The summed E-state index contributed by atoms with van der Waals surface area (Å²) in [4.78, 5) is 28.6. The molecule has 0 bridgehead atoms. The van der Waals surface area contributed by atoms with Crippen molar-refractivity contribution in [3.63, 3.8) is 0 Å². The third-order valence-electron chi connectivity index (χ3n) is 0. The van der Waals surface area contributed by atoms with E-state index in [1.54, 1.807) is 0 Å². The van der Waals surface area contributed by atoms with Crippen molar-refractivity contribution in [1.82, 2.24) is 0 Å². The molecule has 0 amide bonds. The van der Waals surface area contributed by atoms with Crippen LogP contribution >= 0.6 is 0 Å². The Bertz CT molecular complexity index is 84.6. The van der Waals surface area contributed by atoms with E-state index in [0.717, 1.165) is 0 Å². The monoisotopic (exact) mass is 258 g/mol. The molecule has 0 fully saturated rings. The standard InChI is InChI=1S/2Al.Ca.2H2O3Si.8H/c;;;2*1-4(2)3;;;;;;;;/h;;;2*1-2H;;;;;;;;/q;;+2;;;;;;;;;2*-1. The van der Waals surface area contributed by atoms with Crippen LogP contribution in [0, 0.1) is 0 Å². The Morgan fingerprint density at radius 1 is 0.818 bits per heavy atom.